The van der Waals surface area contributed by atoms with Crippen molar-refractivity contribution in [1.82, 2.24) is 10.6 Å². The van der Waals surface area contributed by atoms with Crippen molar-refractivity contribution in [3.05, 3.63) is 29.3 Å². The van der Waals surface area contributed by atoms with Crippen LogP contribution in [0.1, 0.15) is 20.8 Å². The minimum atomic E-state index is -0.620. The van der Waals surface area contributed by atoms with Gasteiger partial charge in [0, 0.05) is 0 Å². The number of carbonyl (C=O) groups is 2. The monoisotopic (exact) mass is 341 g/mol. The molecule has 0 saturated heterocycles. The van der Waals surface area contributed by atoms with Crippen LogP contribution in [0.2, 0.25) is 5.02 Å². The van der Waals surface area contributed by atoms with Crippen molar-refractivity contribution >= 4 is 23.4 Å². The first kappa shape index (κ1) is 19.3. The molecule has 128 valence electrons. The predicted octanol–water partition coefficient (Wildman–Crippen LogP) is 1.32. The predicted molar refractivity (Wildman–Crippen MR) is 90.4 cm³/mol. The van der Waals surface area contributed by atoms with Gasteiger partial charge in [-0.05, 0) is 25.0 Å². The quantitative estimate of drug-likeness (QED) is 0.665. The van der Waals surface area contributed by atoms with Crippen LogP contribution in [0.25, 0.3) is 0 Å². The molecule has 0 radical (unpaired) electrons. The fraction of sp³-hybridized carbons (Fsp3) is 0.500. The summed E-state index contributed by atoms with van der Waals surface area (Å²) in [6, 6.07) is 6.50. The lowest BCUT2D eigenvalue weighted by atomic mass is 10.1. The number of rotatable bonds is 8. The van der Waals surface area contributed by atoms with Crippen molar-refractivity contribution in [2.24, 2.45) is 11.7 Å². The van der Waals surface area contributed by atoms with Crippen LogP contribution in [0.4, 0.5) is 0 Å². The van der Waals surface area contributed by atoms with E-state index < -0.39 is 6.04 Å². The molecule has 0 heterocycles. The van der Waals surface area contributed by atoms with E-state index in [2.05, 4.69) is 10.6 Å². The molecule has 0 aliphatic carbocycles. The number of hydrogen-bond donors (Lipinski definition) is 3. The first-order valence-electron chi connectivity index (χ1n) is 7.52. The Labute approximate surface area is 141 Å². The molecule has 1 rings (SSSR count). The maximum absolute atomic E-state index is 11.7. The van der Waals surface area contributed by atoms with E-state index in [9.17, 15) is 9.59 Å². The van der Waals surface area contributed by atoms with E-state index in [1.165, 1.54) is 0 Å². The summed E-state index contributed by atoms with van der Waals surface area (Å²) in [7, 11) is 0. The van der Waals surface area contributed by atoms with Crippen molar-refractivity contribution < 1.29 is 14.3 Å². The summed E-state index contributed by atoms with van der Waals surface area (Å²) in [5.41, 5.74) is 5.69. The molecule has 2 atom stereocenters. The molecule has 23 heavy (non-hydrogen) atoms. The van der Waals surface area contributed by atoms with E-state index in [-0.39, 0.29) is 30.4 Å². The van der Waals surface area contributed by atoms with Crippen LogP contribution in [0.15, 0.2) is 24.3 Å². The Morgan fingerprint density at radius 1 is 1.22 bits per heavy atom. The molecular formula is C16H24ClN3O3. The number of para-hydroxylation sites is 1. The lowest BCUT2D eigenvalue weighted by molar-refractivity contribution is -0.127. The number of nitrogens with one attached hydrogen (secondary N) is 2. The molecule has 6 nitrogen and oxygen atoms in total. The van der Waals surface area contributed by atoms with Gasteiger partial charge in [0.25, 0.3) is 0 Å². The number of amides is 2. The third kappa shape index (κ3) is 6.88. The second kappa shape index (κ2) is 9.37. The zero-order valence-corrected chi connectivity index (χ0v) is 14.4. The Morgan fingerprint density at radius 3 is 2.48 bits per heavy atom. The minimum absolute atomic E-state index is 0.0158. The fourth-order valence-electron chi connectivity index (χ4n) is 1.71. The molecule has 0 fully saturated rings. The molecule has 0 aliphatic rings. The van der Waals surface area contributed by atoms with E-state index in [1.54, 1.807) is 12.1 Å². The highest BCUT2D eigenvalue weighted by atomic mass is 35.5. The second-order valence-electron chi connectivity index (χ2n) is 5.65. The van der Waals surface area contributed by atoms with Gasteiger partial charge in [0.2, 0.25) is 11.8 Å². The zero-order valence-electron chi connectivity index (χ0n) is 13.6. The van der Waals surface area contributed by atoms with E-state index in [1.807, 2.05) is 32.9 Å². The van der Waals surface area contributed by atoms with Crippen LogP contribution in [-0.2, 0) is 9.59 Å². The molecule has 2 amide bonds. The average Bonchev–Trinajstić information content (AvgIpc) is 2.51. The highest BCUT2D eigenvalue weighted by Crippen LogP contribution is 2.23. The van der Waals surface area contributed by atoms with Crippen molar-refractivity contribution in [3.63, 3.8) is 0 Å². The Morgan fingerprint density at radius 2 is 1.87 bits per heavy atom. The molecule has 0 aliphatic heterocycles. The maximum atomic E-state index is 11.7. The lowest BCUT2D eigenvalue weighted by Crippen LogP contribution is -2.47. The molecule has 1 aromatic rings. The number of hydrogen-bond acceptors (Lipinski definition) is 4. The van der Waals surface area contributed by atoms with Gasteiger partial charge in [-0.1, -0.05) is 37.6 Å². The Kier molecular flexibility index (Phi) is 7.85. The lowest BCUT2D eigenvalue weighted by Gasteiger charge is -2.17. The molecule has 0 spiro atoms. The number of ether oxygens (including phenoxy) is 1. The smallest absolute Gasteiger partial charge is 0.239 e. The minimum Gasteiger partial charge on any atom is -0.487 e. The van der Waals surface area contributed by atoms with Crippen molar-refractivity contribution in [3.8, 4) is 5.75 Å². The van der Waals surface area contributed by atoms with Crippen LogP contribution in [0.5, 0.6) is 5.75 Å². The molecule has 4 N–H and O–H groups in total. The molecular weight excluding hydrogens is 318 g/mol. The van der Waals surface area contributed by atoms with Gasteiger partial charge in [-0.3, -0.25) is 9.59 Å². The van der Waals surface area contributed by atoms with Crippen molar-refractivity contribution in [2.45, 2.75) is 32.9 Å². The van der Waals surface area contributed by atoms with Gasteiger partial charge in [0.05, 0.1) is 24.2 Å². The Bertz CT molecular complexity index is 537. The van der Waals surface area contributed by atoms with Gasteiger partial charge >= 0.3 is 0 Å². The molecule has 0 aromatic heterocycles. The van der Waals surface area contributed by atoms with Gasteiger partial charge in [-0.15, -0.1) is 0 Å². The largest absolute Gasteiger partial charge is 0.487 e. The number of nitrogens with two attached hydrogens (primary N) is 1. The number of benzene rings is 1. The van der Waals surface area contributed by atoms with E-state index in [0.29, 0.717) is 17.3 Å². The third-order valence-corrected chi connectivity index (χ3v) is 3.51. The summed E-state index contributed by atoms with van der Waals surface area (Å²) >= 11 is 6.00. The second-order valence-corrected chi connectivity index (χ2v) is 6.06. The van der Waals surface area contributed by atoms with Crippen LogP contribution in [0, 0.1) is 5.92 Å². The van der Waals surface area contributed by atoms with Crippen LogP contribution in [0.3, 0.4) is 0 Å². The first-order valence-corrected chi connectivity index (χ1v) is 7.90. The highest BCUT2D eigenvalue weighted by Gasteiger charge is 2.17. The Balaban J connectivity index is 2.30. The molecule has 1 unspecified atom stereocenters. The van der Waals surface area contributed by atoms with E-state index >= 15 is 0 Å². The fourth-order valence-corrected chi connectivity index (χ4v) is 1.89. The summed E-state index contributed by atoms with van der Waals surface area (Å²) in [6.45, 7) is 5.70. The van der Waals surface area contributed by atoms with Crippen molar-refractivity contribution in [2.75, 3.05) is 13.1 Å². The molecule has 1 aromatic carbocycles. The number of halogens is 1. The van der Waals surface area contributed by atoms with Gasteiger partial charge < -0.3 is 21.1 Å². The van der Waals surface area contributed by atoms with Crippen molar-refractivity contribution in [1.29, 1.82) is 0 Å². The zero-order chi connectivity index (χ0) is 17.4. The third-order valence-electron chi connectivity index (χ3n) is 3.20. The highest BCUT2D eigenvalue weighted by molar-refractivity contribution is 6.32. The van der Waals surface area contributed by atoms with Crippen LogP contribution < -0.4 is 21.1 Å². The van der Waals surface area contributed by atoms with Crippen LogP contribution in [-0.4, -0.2) is 37.0 Å². The van der Waals surface area contributed by atoms with Gasteiger partial charge in [0.15, 0.2) is 0 Å². The molecule has 0 bridgehead atoms. The standard InChI is InChI=1S/C16H24ClN3O3/c1-10(2)15(18)16(22)20-9-14(21)19-8-11(3)23-13-7-5-4-6-12(13)17/h4-7,10-11,15H,8-9,18H2,1-3H3,(H,19,21)(H,20,22)/t11?,15-/m0/s1. The van der Waals surface area contributed by atoms with E-state index in [0.717, 1.165) is 0 Å². The van der Waals surface area contributed by atoms with Crippen LogP contribution >= 0.6 is 11.6 Å². The number of carbonyl (C=O) groups excluding carboxylic acids is 2. The summed E-state index contributed by atoms with van der Waals surface area (Å²) in [6.07, 6.45) is -0.257. The van der Waals surface area contributed by atoms with Gasteiger partial charge in [-0.2, -0.15) is 0 Å². The van der Waals surface area contributed by atoms with Gasteiger partial charge in [0.1, 0.15) is 11.9 Å². The summed E-state index contributed by atoms with van der Waals surface area (Å²) in [4.78, 5) is 23.4. The summed E-state index contributed by atoms with van der Waals surface area (Å²) in [5.74, 6) is -0.0614. The molecule has 7 heteroatoms. The summed E-state index contributed by atoms with van der Waals surface area (Å²) in [5, 5.41) is 5.71. The summed E-state index contributed by atoms with van der Waals surface area (Å²) < 4.78 is 5.64. The van der Waals surface area contributed by atoms with Gasteiger partial charge in [-0.25, -0.2) is 0 Å². The topological polar surface area (TPSA) is 93.5 Å². The Hall–Kier alpha value is -1.79. The normalized spacial score (nSPS) is 13.3. The first-order chi connectivity index (χ1) is 10.8. The van der Waals surface area contributed by atoms with E-state index in [4.69, 9.17) is 22.1 Å². The maximum Gasteiger partial charge on any atom is 0.239 e. The SMILES string of the molecule is CC(CNC(=O)CNC(=O)[C@@H](N)C(C)C)Oc1ccccc1Cl. The molecule has 0 saturated carbocycles. The average molecular weight is 342 g/mol.